The van der Waals surface area contributed by atoms with Gasteiger partial charge in [-0.2, -0.15) is 0 Å². The Morgan fingerprint density at radius 3 is 2.08 bits per heavy atom. The van der Waals surface area contributed by atoms with Gasteiger partial charge in [0.05, 0.1) is 0 Å². The molecule has 0 radical (unpaired) electrons. The number of benzene rings is 1. The minimum Gasteiger partial charge on any atom is -0.444 e. The lowest BCUT2D eigenvalue weighted by molar-refractivity contribution is -0.143. The molecule has 4 amide bonds. The van der Waals surface area contributed by atoms with E-state index in [9.17, 15) is 19.2 Å². The molecule has 4 N–H and O–H groups in total. The number of carbonyl (C=O) groups excluding carboxylic acids is 4. The molecule has 0 aromatic heterocycles. The van der Waals surface area contributed by atoms with Gasteiger partial charge in [-0.25, -0.2) is 4.79 Å². The molecule has 1 aromatic carbocycles. The van der Waals surface area contributed by atoms with Crippen molar-refractivity contribution < 1.29 is 23.9 Å². The average Bonchev–Trinajstić information content (AvgIpc) is 2.81. The molecule has 0 fully saturated rings. The lowest BCUT2D eigenvalue weighted by atomic mass is 9.97. The molecule has 0 aliphatic heterocycles. The van der Waals surface area contributed by atoms with Gasteiger partial charge in [-0.15, -0.1) is 0 Å². The van der Waals surface area contributed by atoms with Gasteiger partial charge in [0.25, 0.3) is 0 Å². The van der Waals surface area contributed by atoms with E-state index in [1.54, 1.807) is 25.7 Å². The SMILES string of the molecule is CCCCCCN(C(=O)C(CCC(N)=O)NC(=O)OC(C)(C)C)C(C(=O)NC(C)CCC)c1cc(C)cc(C)c1. The fourth-order valence-electron chi connectivity index (χ4n) is 4.74. The number of nitrogens with two attached hydrogens (primary N) is 1. The molecule has 3 unspecified atom stereocenters. The van der Waals surface area contributed by atoms with E-state index >= 15 is 0 Å². The van der Waals surface area contributed by atoms with Crippen LogP contribution in [0, 0.1) is 13.8 Å². The molecule has 3 atom stereocenters. The van der Waals surface area contributed by atoms with Crippen molar-refractivity contribution in [2.75, 3.05) is 6.54 Å². The van der Waals surface area contributed by atoms with Gasteiger partial charge < -0.3 is 26.0 Å². The van der Waals surface area contributed by atoms with Crippen molar-refractivity contribution in [3.63, 3.8) is 0 Å². The number of unbranched alkanes of at least 4 members (excludes halogenated alkanes) is 3. The highest BCUT2D eigenvalue weighted by Gasteiger charge is 2.36. The van der Waals surface area contributed by atoms with E-state index in [-0.39, 0.29) is 24.8 Å². The van der Waals surface area contributed by atoms with Gasteiger partial charge in [0, 0.05) is 19.0 Å². The molecule has 40 heavy (non-hydrogen) atoms. The lowest BCUT2D eigenvalue weighted by Crippen LogP contribution is -2.54. The zero-order valence-electron chi connectivity index (χ0n) is 25.9. The van der Waals surface area contributed by atoms with E-state index in [1.807, 2.05) is 39.0 Å². The molecular weight excluding hydrogens is 508 g/mol. The number of nitrogens with one attached hydrogen (secondary N) is 2. The van der Waals surface area contributed by atoms with Crippen molar-refractivity contribution in [1.29, 1.82) is 0 Å². The molecule has 9 heteroatoms. The van der Waals surface area contributed by atoms with E-state index in [4.69, 9.17) is 10.5 Å². The number of primary amides is 1. The fraction of sp³-hybridized carbons (Fsp3) is 0.677. The predicted octanol–water partition coefficient (Wildman–Crippen LogP) is 5.22. The number of alkyl carbamates (subject to hydrolysis) is 1. The Hall–Kier alpha value is -3.10. The largest absolute Gasteiger partial charge is 0.444 e. The van der Waals surface area contributed by atoms with Crippen molar-refractivity contribution in [2.45, 2.75) is 130 Å². The maximum Gasteiger partial charge on any atom is 0.408 e. The summed E-state index contributed by atoms with van der Waals surface area (Å²) in [7, 11) is 0. The number of ether oxygens (including phenoxy) is 1. The van der Waals surface area contributed by atoms with Crippen LogP contribution < -0.4 is 16.4 Å². The molecule has 1 aromatic rings. The van der Waals surface area contributed by atoms with Crippen LogP contribution in [0.5, 0.6) is 0 Å². The van der Waals surface area contributed by atoms with Crippen molar-refractivity contribution in [3.8, 4) is 0 Å². The van der Waals surface area contributed by atoms with Crippen molar-refractivity contribution >= 4 is 23.8 Å². The third-order valence-corrected chi connectivity index (χ3v) is 6.43. The minimum absolute atomic E-state index is 0.00765. The topological polar surface area (TPSA) is 131 Å². The van der Waals surface area contributed by atoms with Gasteiger partial charge in [-0.3, -0.25) is 14.4 Å². The number of aryl methyl sites for hydroxylation is 2. The van der Waals surface area contributed by atoms with E-state index in [2.05, 4.69) is 24.5 Å². The molecule has 0 aliphatic carbocycles. The highest BCUT2D eigenvalue weighted by atomic mass is 16.6. The van der Waals surface area contributed by atoms with Crippen LogP contribution in [-0.2, 0) is 19.1 Å². The molecule has 0 aliphatic rings. The van der Waals surface area contributed by atoms with Crippen LogP contribution >= 0.6 is 0 Å². The molecule has 0 saturated heterocycles. The third kappa shape index (κ3) is 12.8. The Bertz CT molecular complexity index is 968. The first-order valence-corrected chi connectivity index (χ1v) is 14.6. The smallest absolute Gasteiger partial charge is 0.408 e. The highest BCUT2D eigenvalue weighted by Crippen LogP contribution is 2.27. The van der Waals surface area contributed by atoms with Crippen LogP contribution in [0.25, 0.3) is 0 Å². The molecule has 226 valence electrons. The summed E-state index contributed by atoms with van der Waals surface area (Å²) in [4.78, 5) is 54.1. The molecule has 9 nitrogen and oxygen atoms in total. The standard InChI is InChI=1S/C31H52N4O5/c1-9-11-12-13-17-35(29(38)25(15-16-26(32)36)34-30(39)40-31(6,7)8)27(28(37)33-23(5)14-10-2)24-19-21(3)18-22(4)20-24/h18-20,23,25,27H,9-17H2,1-8H3,(H2,32,36)(H,33,37)(H,34,39). The summed E-state index contributed by atoms with van der Waals surface area (Å²) < 4.78 is 5.41. The predicted molar refractivity (Wildman–Crippen MR) is 159 cm³/mol. The number of carbonyl (C=O) groups is 4. The first-order chi connectivity index (χ1) is 18.7. The summed E-state index contributed by atoms with van der Waals surface area (Å²) >= 11 is 0. The summed E-state index contributed by atoms with van der Waals surface area (Å²) in [6.07, 6.45) is 4.41. The summed E-state index contributed by atoms with van der Waals surface area (Å²) in [6, 6.07) is 3.78. The molecule has 0 heterocycles. The second-order valence-electron chi connectivity index (χ2n) is 11.8. The van der Waals surface area contributed by atoms with Crippen molar-refractivity contribution in [2.24, 2.45) is 5.73 Å². The summed E-state index contributed by atoms with van der Waals surface area (Å²) in [5.41, 5.74) is 7.28. The Labute approximate surface area is 241 Å². The van der Waals surface area contributed by atoms with Crippen LogP contribution in [0.2, 0.25) is 0 Å². The maximum atomic E-state index is 14.2. The Kier molecular flexibility index (Phi) is 14.7. The fourth-order valence-corrected chi connectivity index (χ4v) is 4.74. The van der Waals surface area contributed by atoms with Crippen LogP contribution in [0.1, 0.15) is 116 Å². The van der Waals surface area contributed by atoms with Gasteiger partial charge in [0.2, 0.25) is 17.7 Å². The van der Waals surface area contributed by atoms with Gasteiger partial charge in [0.15, 0.2) is 0 Å². The average molecular weight is 561 g/mol. The van der Waals surface area contributed by atoms with Crippen molar-refractivity contribution in [1.82, 2.24) is 15.5 Å². The number of amides is 4. The van der Waals surface area contributed by atoms with Crippen LogP contribution in [0.4, 0.5) is 4.79 Å². The molecule has 0 spiro atoms. The zero-order valence-corrected chi connectivity index (χ0v) is 25.9. The van der Waals surface area contributed by atoms with Gasteiger partial charge in [-0.05, 0) is 66.4 Å². The molecule has 0 saturated carbocycles. The Balaban J connectivity index is 3.59. The van der Waals surface area contributed by atoms with Crippen LogP contribution in [0.15, 0.2) is 18.2 Å². The van der Waals surface area contributed by atoms with Gasteiger partial charge in [0.1, 0.15) is 17.7 Å². The lowest BCUT2D eigenvalue weighted by Gasteiger charge is -2.35. The number of hydrogen-bond donors (Lipinski definition) is 3. The van der Waals surface area contributed by atoms with Crippen LogP contribution in [0.3, 0.4) is 0 Å². The highest BCUT2D eigenvalue weighted by molar-refractivity contribution is 5.92. The van der Waals surface area contributed by atoms with E-state index in [0.29, 0.717) is 18.5 Å². The second kappa shape index (κ2) is 16.9. The number of hydrogen-bond acceptors (Lipinski definition) is 5. The van der Waals surface area contributed by atoms with Crippen molar-refractivity contribution in [3.05, 3.63) is 34.9 Å². The second-order valence-corrected chi connectivity index (χ2v) is 11.8. The number of rotatable bonds is 16. The quantitative estimate of drug-likeness (QED) is 0.239. The first kappa shape index (κ1) is 34.9. The number of nitrogens with zero attached hydrogens (tertiary/aromatic N) is 1. The third-order valence-electron chi connectivity index (χ3n) is 6.43. The zero-order chi connectivity index (χ0) is 30.5. The van der Waals surface area contributed by atoms with E-state index < -0.39 is 35.6 Å². The molecule has 1 rings (SSSR count). The van der Waals surface area contributed by atoms with Gasteiger partial charge >= 0.3 is 6.09 Å². The van der Waals surface area contributed by atoms with Gasteiger partial charge in [-0.1, -0.05) is 68.9 Å². The van der Waals surface area contributed by atoms with E-state index in [1.165, 1.54) is 0 Å². The Morgan fingerprint density at radius 2 is 1.55 bits per heavy atom. The minimum atomic E-state index is -1.09. The van der Waals surface area contributed by atoms with E-state index in [0.717, 1.165) is 43.2 Å². The first-order valence-electron chi connectivity index (χ1n) is 14.6. The normalized spacial score (nSPS) is 13.6. The molecular formula is C31H52N4O5. The Morgan fingerprint density at radius 1 is 0.925 bits per heavy atom. The van der Waals surface area contributed by atoms with Crippen LogP contribution in [-0.4, -0.2) is 52.9 Å². The summed E-state index contributed by atoms with van der Waals surface area (Å²) in [5.74, 6) is -1.32. The summed E-state index contributed by atoms with van der Waals surface area (Å²) in [5, 5.41) is 5.75. The monoisotopic (exact) mass is 560 g/mol. The molecule has 0 bridgehead atoms. The maximum absolute atomic E-state index is 14.2. The summed E-state index contributed by atoms with van der Waals surface area (Å²) in [6.45, 7) is 15.5.